The molecule has 25 heavy (non-hydrogen) atoms. The van der Waals surface area contributed by atoms with E-state index in [9.17, 15) is 13.2 Å². The monoisotopic (exact) mass is 418 g/mol. The van der Waals surface area contributed by atoms with Crippen molar-refractivity contribution in [2.24, 2.45) is 5.92 Å². The molecular weight excluding hydrogens is 400 g/mol. The first-order chi connectivity index (χ1) is 12.0. The number of piperidine rings is 1. The fourth-order valence-corrected chi connectivity index (χ4v) is 6.88. The number of carbonyl (C=O) groups is 1. The van der Waals surface area contributed by atoms with E-state index in [1.165, 1.54) is 27.0 Å². The molecule has 2 aromatic heterocycles. The SMILES string of the molecule is CCSc1nnc(NC(=O)[C@H]2CCCN(S(=O)(=O)c3cccs3)C2)s1. The zero-order valence-electron chi connectivity index (χ0n) is 13.5. The molecule has 11 heteroatoms. The van der Waals surface area contributed by atoms with Crippen molar-refractivity contribution in [2.45, 2.75) is 28.3 Å². The van der Waals surface area contributed by atoms with Gasteiger partial charge < -0.3 is 5.32 Å². The Kier molecular flexibility index (Phi) is 6.10. The Morgan fingerprint density at radius 1 is 1.48 bits per heavy atom. The number of anilines is 1. The molecule has 1 amide bonds. The van der Waals surface area contributed by atoms with Gasteiger partial charge in [0.25, 0.3) is 10.0 Å². The second kappa shape index (κ2) is 8.12. The van der Waals surface area contributed by atoms with Crippen molar-refractivity contribution in [2.75, 3.05) is 24.2 Å². The molecule has 0 saturated carbocycles. The van der Waals surface area contributed by atoms with Crippen LogP contribution in [0, 0.1) is 5.92 Å². The van der Waals surface area contributed by atoms with Gasteiger partial charge in [0.05, 0.1) is 5.92 Å². The van der Waals surface area contributed by atoms with E-state index in [2.05, 4.69) is 15.5 Å². The molecule has 1 fully saturated rings. The smallest absolute Gasteiger partial charge is 0.252 e. The summed E-state index contributed by atoms with van der Waals surface area (Å²) in [6.07, 6.45) is 1.33. The highest BCUT2D eigenvalue weighted by Gasteiger charge is 2.34. The minimum Gasteiger partial charge on any atom is -0.300 e. The maximum Gasteiger partial charge on any atom is 0.252 e. The summed E-state index contributed by atoms with van der Waals surface area (Å²) in [5, 5.41) is 12.9. The van der Waals surface area contributed by atoms with Crippen molar-refractivity contribution in [3.8, 4) is 0 Å². The average molecular weight is 419 g/mol. The van der Waals surface area contributed by atoms with Crippen LogP contribution in [0.4, 0.5) is 5.13 Å². The lowest BCUT2D eigenvalue weighted by molar-refractivity contribution is -0.120. The molecule has 0 aliphatic carbocycles. The normalized spacial score (nSPS) is 19.0. The molecule has 1 aliphatic rings. The van der Waals surface area contributed by atoms with Crippen LogP contribution in [0.2, 0.25) is 0 Å². The van der Waals surface area contributed by atoms with E-state index in [1.54, 1.807) is 29.3 Å². The van der Waals surface area contributed by atoms with Crippen LogP contribution in [0.1, 0.15) is 19.8 Å². The van der Waals surface area contributed by atoms with Gasteiger partial charge >= 0.3 is 0 Å². The first-order valence-corrected chi connectivity index (χ1v) is 11.9. The fraction of sp³-hybridized carbons (Fsp3) is 0.500. The number of rotatable bonds is 6. The Morgan fingerprint density at radius 2 is 2.32 bits per heavy atom. The van der Waals surface area contributed by atoms with Crippen molar-refractivity contribution >= 4 is 55.5 Å². The van der Waals surface area contributed by atoms with E-state index in [-0.39, 0.29) is 18.4 Å². The average Bonchev–Trinajstić information content (AvgIpc) is 3.28. The number of aromatic nitrogens is 2. The van der Waals surface area contributed by atoms with Gasteiger partial charge in [0.1, 0.15) is 4.21 Å². The summed E-state index contributed by atoms with van der Waals surface area (Å²) in [6, 6.07) is 3.31. The van der Waals surface area contributed by atoms with Gasteiger partial charge in [0, 0.05) is 13.1 Å². The van der Waals surface area contributed by atoms with Crippen LogP contribution in [0.3, 0.4) is 0 Å². The number of sulfonamides is 1. The first-order valence-electron chi connectivity index (χ1n) is 7.81. The van der Waals surface area contributed by atoms with E-state index in [1.807, 2.05) is 6.92 Å². The Balaban J connectivity index is 1.65. The third-order valence-electron chi connectivity index (χ3n) is 3.75. The third kappa shape index (κ3) is 4.40. The molecule has 1 aliphatic heterocycles. The molecule has 2 aromatic rings. The predicted molar refractivity (Wildman–Crippen MR) is 101 cm³/mol. The van der Waals surface area contributed by atoms with Gasteiger partial charge in [-0.3, -0.25) is 4.79 Å². The summed E-state index contributed by atoms with van der Waals surface area (Å²) in [6.45, 7) is 2.66. The third-order valence-corrected chi connectivity index (χ3v) is 8.84. The standard InChI is InChI=1S/C14H18N4O3S4/c1-2-22-14-17-16-13(24-14)15-12(19)10-5-3-7-18(9-10)25(20,21)11-6-4-8-23-11/h4,6,8,10H,2-3,5,7,9H2,1H3,(H,15,16,19)/t10-/m0/s1. The molecule has 1 saturated heterocycles. The molecule has 0 aromatic carbocycles. The van der Waals surface area contributed by atoms with Crippen LogP contribution in [0.25, 0.3) is 0 Å². The van der Waals surface area contributed by atoms with E-state index < -0.39 is 10.0 Å². The molecule has 0 bridgehead atoms. The van der Waals surface area contributed by atoms with Crippen molar-refractivity contribution in [3.05, 3.63) is 17.5 Å². The van der Waals surface area contributed by atoms with Crippen molar-refractivity contribution < 1.29 is 13.2 Å². The number of hydrogen-bond acceptors (Lipinski definition) is 8. The van der Waals surface area contributed by atoms with Crippen LogP contribution in [0.5, 0.6) is 0 Å². The number of thiophene rings is 1. The minimum absolute atomic E-state index is 0.196. The molecule has 1 atom stereocenters. The molecule has 136 valence electrons. The van der Waals surface area contributed by atoms with E-state index in [0.717, 1.165) is 10.1 Å². The minimum atomic E-state index is -3.52. The van der Waals surface area contributed by atoms with Crippen LogP contribution in [-0.4, -0.2) is 47.7 Å². The first kappa shape index (κ1) is 18.8. The summed E-state index contributed by atoms with van der Waals surface area (Å²) in [7, 11) is -3.52. The van der Waals surface area contributed by atoms with Gasteiger partial charge in [-0.05, 0) is 30.0 Å². The highest BCUT2D eigenvalue weighted by atomic mass is 32.2. The highest BCUT2D eigenvalue weighted by Crippen LogP contribution is 2.28. The lowest BCUT2D eigenvalue weighted by Crippen LogP contribution is -2.43. The Bertz CT molecular complexity index is 819. The topological polar surface area (TPSA) is 92.3 Å². The number of hydrogen-bond donors (Lipinski definition) is 1. The zero-order valence-corrected chi connectivity index (χ0v) is 16.8. The largest absolute Gasteiger partial charge is 0.300 e. The molecule has 0 unspecified atom stereocenters. The van der Waals surface area contributed by atoms with Gasteiger partial charge in [-0.2, -0.15) is 4.31 Å². The Labute approximate surface area is 158 Å². The number of amides is 1. The summed E-state index contributed by atoms with van der Waals surface area (Å²) < 4.78 is 27.8. The fourth-order valence-electron chi connectivity index (χ4n) is 2.56. The highest BCUT2D eigenvalue weighted by molar-refractivity contribution is 8.01. The predicted octanol–water partition coefficient (Wildman–Crippen LogP) is 2.75. The zero-order chi connectivity index (χ0) is 17.9. The van der Waals surface area contributed by atoms with Crippen LogP contribution < -0.4 is 5.32 Å². The second-order valence-corrected chi connectivity index (χ2v) is 11.0. The number of carbonyl (C=O) groups excluding carboxylic acids is 1. The number of nitrogens with one attached hydrogen (secondary N) is 1. The molecule has 7 nitrogen and oxygen atoms in total. The van der Waals surface area contributed by atoms with Crippen LogP contribution in [-0.2, 0) is 14.8 Å². The summed E-state index contributed by atoms with van der Waals surface area (Å²) in [5.41, 5.74) is 0. The van der Waals surface area contributed by atoms with Gasteiger partial charge in [-0.25, -0.2) is 8.42 Å². The van der Waals surface area contributed by atoms with Crippen LogP contribution in [0.15, 0.2) is 26.1 Å². The maximum absolute atomic E-state index is 12.6. The summed E-state index contributed by atoms with van der Waals surface area (Å²) >= 11 is 4.10. The second-order valence-electron chi connectivity index (χ2n) is 5.43. The van der Waals surface area contributed by atoms with Gasteiger partial charge in [-0.1, -0.05) is 36.1 Å². The summed E-state index contributed by atoms with van der Waals surface area (Å²) in [5.74, 6) is 0.311. The van der Waals surface area contributed by atoms with Crippen molar-refractivity contribution in [3.63, 3.8) is 0 Å². The van der Waals surface area contributed by atoms with Crippen molar-refractivity contribution in [1.29, 1.82) is 0 Å². The molecule has 1 N–H and O–H groups in total. The van der Waals surface area contributed by atoms with E-state index in [0.29, 0.717) is 28.7 Å². The lowest BCUT2D eigenvalue weighted by atomic mass is 9.99. The van der Waals surface area contributed by atoms with Gasteiger partial charge in [0.2, 0.25) is 11.0 Å². The van der Waals surface area contributed by atoms with E-state index in [4.69, 9.17) is 0 Å². The Morgan fingerprint density at radius 3 is 3.04 bits per heavy atom. The van der Waals surface area contributed by atoms with Crippen molar-refractivity contribution in [1.82, 2.24) is 14.5 Å². The molecule has 3 heterocycles. The number of nitrogens with zero attached hydrogens (tertiary/aromatic N) is 3. The molecule has 0 spiro atoms. The lowest BCUT2D eigenvalue weighted by Gasteiger charge is -2.30. The molecular formula is C14H18N4O3S4. The van der Waals surface area contributed by atoms with Gasteiger partial charge in [0.15, 0.2) is 4.34 Å². The van der Waals surface area contributed by atoms with E-state index >= 15 is 0 Å². The maximum atomic E-state index is 12.6. The summed E-state index contributed by atoms with van der Waals surface area (Å²) in [4.78, 5) is 12.5. The molecule has 0 radical (unpaired) electrons. The van der Waals surface area contributed by atoms with Gasteiger partial charge in [-0.15, -0.1) is 21.5 Å². The number of thioether (sulfide) groups is 1. The quantitative estimate of drug-likeness (QED) is 0.573. The molecule has 3 rings (SSSR count). The Hall–Kier alpha value is -1.01. The van der Waals surface area contributed by atoms with Crippen LogP contribution >= 0.6 is 34.4 Å².